The van der Waals surface area contributed by atoms with Crippen molar-refractivity contribution >= 4 is 32.5 Å². The Kier molecular flexibility index (Phi) is 1.83. The second kappa shape index (κ2) is 3.07. The van der Waals surface area contributed by atoms with Gasteiger partial charge in [-0.1, -0.05) is 15.9 Å². The summed E-state index contributed by atoms with van der Waals surface area (Å²) in [6.45, 7) is 2.11. The summed E-state index contributed by atoms with van der Waals surface area (Å²) in [5.41, 5.74) is 3.46. The van der Waals surface area contributed by atoms with E-state index >= 15 is 0 Å². The van der Waals surface area contributed by atoms with Gasteiger partial charge in [-0.2, -0.15) is 0 Å². The summed E-state index contributed by atoms with van der Waals surface area (Å²) in [7, 11) is 0. The molecular weight excluding hydrogens is 252 g/mol. The first-order chi connectivity index (χ1) is 7.25. The van der Waals surface area contributed by atoms with Gasteiger partial charge in [-0.3, -0.25) is 4.40 Å². The summed E-state index contributed by atoms with van der Waals surface area (Å²) >= 11 is 3.50. The van der Waals surface area contributed by atoms with Crippen LogP contribution in [0.4, 0.5) is 0 Å². The van der Waals surface area contributed by atoms with Gasteiger partial charge < -0.3 is 0 Å². The van der Waals surface area contributed by atoms with Crippen LogP contribution in [0.2, 0.25) is 0 Å². The predicted molar refractivity (Wildman–Crippen MR) is 65.1 cm³/mol. The van der Waals surface area contributed by atoms with E-state index in [2.05, 4.69) is 56.5 Å². The van der Waals surface area contributed by atoms with Crippen LogP contribution in [0.5, 0.6) is 0 Å². The van der Waals surface area contributed by atoms with E-state index in [4.69, 9.17) is 0 Å². The van der Waals surface area contributed by atoms with Crippen LogP contribution >= 0.6 is 15.9 Å². The Bertz CT molecular complexity index is 655. The molecule has 0 aliphatic rings. The van der Waals surface area contributed by atoms with Crippen LogP contribution in [0.15, 0.2) is 41.1 Å². The van der Waals surface area contributed by atoms with Gasteiger partial charge in [0, 0.05) is 22.3 Å². The fraction of sp³-hybridized carbons (Fsp3) is 0.0833. The summed E-state index contributed by atoms with van der Waals surface area (Å²) in [6.07, 6.45) is 3.82. The van der Waals surface area contributed by atoms with E-state index in [0.717, 1.165) is 10.1 Å². The molecule has 0 fully saturated rings. The number of hydrogen-bond acceptors (Lipinski definition) is 1. The molecule has 15 heavy (non-hydrogen) atoms. The third kappa shape index (κ3) is 1.27. The van der Waals surface area contributed by atoms with E-state index in [9.17, 15) is 0 Å². The van der Waals surface area contributed by atoms with Gasteiger partial charge in [-0.05, 0) is 36.8 Å². The molecule has 0 radical (unpaired) electrons. The maximum absolute atomic E-state index is 4.30. The highest BCUT2D eigenvalue weighted by atomic mass is 79.9. The van der Waals surface area contributed by atoms with Crippen LogP contribution in [0.3, 0.4) is 0 Å². The molecule has 1 aromatic carbocycles. The van der Waals surface area contributed by atoms with Gasteiger partial charge in [-0.15, -0.1) is 0 Å². The highest BCUT2D eigenvalue weighted by molar-refractivity contribution is 9.10. The van der Waals surface area contributed by atoms with E-state index in [1.54, 1.807) is 0 Å². The predicted octanol–water partition coefficient (Wildman–Crippen LogP) is 3.56. The monoisotopic (exact) mass is 260 g/mol. The summed E-state index contributed by atoms with van der Waals surface area (Å²) < 4.78 is 3.21. The summed E-state index contributed by atoms with van der Waals surface area (Å²) in [6, 6.07) is 8.42. The molecule has 74 valence electrons. The van der Waals surface area contributed by atoms with Crippen LogP contribution in [-0.2, 0) is 0 Å². The lowest BCUT2D eigenvalue weighted by molar-refractivity contribution is 1.24. The third-order valence-electron chi connectivity index (χ3n) is 2.66. The molecule has 0 saturated carbocycles. The highest BCUT2D eigenvalue weighted by Gasteiger charge is 2.04. The Morgan fingerprint density at radius 3 is 3.00 bits per heavy atom. The van der Waals surface area contributed by atoms with Crippen molar-refractivity contribution in [3.8, 4) is 0 Å². The number of pyridine rings is 1. The van der Waals surface area contributed by atoms with Gasteiger partial charge in [-0.25, -0.2) is 4.98 Å². The lowest BCUT2D eigenvalue weighted by atomic mass is 10.1. The Hall–Kier alpha value is -1.35. The van der Waals surface area contributed by atoms with Gasteiger partial charge in [0.2, 0.25) is 0 Å². The molecule has 0 aliphatic heterocycles. The Labute approximate surface area is 95.7 Å². The number of halogens is 1. The Morgan fingerprint density at radius 2 is 2.13 bits per heavy atom. The average Bonchev–Trinajstić information content (AvgIpc) is 2.66. The van der Waals surface area contributed by atoms with Gasteiger partial charge >= 0.3 is 0 Å². The van der Waals surface area contributed by atoms with Crippen molar-refractivity contribution in [3.63, 3.8) is 0 Å². The second-order valence-electron chi connectivity index (χ2n) is 3.64. The maximum atomic E-state index is 4.30. The molecule has 3 rings (SSSR count). The average molecular weight is 261 g/mol. The molecule has 0 aliphatic carbocycles. The normalized spacial score (nSPS) is 11.3. The molecule has 0 N–H and O–H groups in total. The first-order valence-corrected chi connectivity index (χ1v) is 5.57. The van der Waals surface area contributed by atoms with Crippen LogP contribution < -0.4 is 0 Å². The molecule has 0 atom stereocenters. The first-order valence-electron chi connectivity index (χ1n) is 4.77. The lowest BCUT2D eigenvalue weighted by Crippen LogP contribution is -1.89. The van der Waals surface area contributed by atoms with Crippen LogP contribution in [0.1, 0.15) is 5.56 Å². The molecule has 0 bridgehead atoms. The molecule has 2 heterocycles. The number of aryl methyl sites for hydroxylation is 1. The first kappa shape index (κ1) is 8.92. The Morgan fingerprint density at radius 1 is 1.27 bits per heavy atom. The summed E-state index contributed by atoms with van der Waals surface area (Å²) in [5, 5.41) is 1.26. The van der Waals surface area contributed by atoms with E-state index in [1.807, 2.05) is 12.4 Å². The molecule has 0 unspecified atom stereocenters. The minimum Gasteiger partial charge on any atom is -0.300 e. The molecular formula is C12H9BrN2. The number of benzene rings is 1. The van der Waals surface area contributed by atoms with Crippen molar-refractivity contribution in [1.29, 1.82) is 0 Å². The van der Waals surface area contributed by atoms with Gasteiger partial charge in [0.05, 0.1) is 5.52 Å². The molecule has 2 nitrogen and oxygen atoms in total. The van der Waals surface area contributed by atoms with E-state index < -0.39 is 0 Å². The van der Waals surface area contributed by atoms with Crippen molar-refractivity contribution in [2.24, 2.45) is 0 Å². The quantitative estimate of drug-likeness (QED) is 0.604. The van der Waals surface area contributed by atoms with Crippen molar-refractivity contribution in [3.05, 3.63) is 46.7 Å². The molecule has 0 spiro atoms. The highest BCUT2D eigenvalue weighted by Crippen LogP contribution is 2.24. The number of nitrogens with zero attached hydrogens (tertiary/aromatic N) is 2. The molecule has 0 amide bonds. The molecule has 3 heteroatoms. The number of imidazole rings is 1. The number of rotatable bonds is 0. The second-order valence-corrected chi connectivity index (χ2v) is 4.56. The van der Waals surface area contributed by atoms with Crippen molar-refractivity contribution in [2.75, 3.05) is 0 Å². The van der Waals surface area contributed by atoms with E-state index in [-0.39, 0.29) is 0 Å². The van der Waals surface area contributed by atoms with E-state index in [1.165, 1.54) is 16.5 Å². The summed E-state index contributed by atoms with van der Waals surface area (Å²) in [5.74, 6) is 0. The minimum atomic E-state index is 1.00. The van der Waals surface area contributed by atoms with Crippen molar-refractivity contribution in [2.45, 2.75) is 6.92 Å². The molecule has 3 aromatic rings. The topological polar surface area (TPSA) is 17.3 Å². The van der Waals surface area contributed by atoms with Crippen LogP contribution in [0, 0.1) is 6.92 Å². The van der Waals surface area contributed by atoms with Crippen molar-refractivity contribution in [1.82, 2.24) is 9.38 Å². The van der Waals surface area contributed by atoms with Crippen LogP contribution in [-0.4, -0.2) is 9.38 Å². The molecule has 2 aromatic heterocycles. The standard InChI is InChI=1S/C12H9BrN2/c1-8-6-12-14-4-5-15(12)11-3-2-9(13)7-10(8)11/h2-7H,1H3. The van der Waals surface area contributed by atoms with Crippen LogP contribution in [0.25, 0.3) is 16.6 Å². The minimum absolute atomic E-state index is 1.00. The molecule has 0 saturated heterocycles. The van der Waals surface area contributed by atoms with Gasteiger partial charge in [0.1, 0.15) is 5.65 Å². The largest absolute Gasteiger partial charge is 0.300 e. The fourth-order valence-electron chi connectivity index (χ4n) is 1.93. The van der Waals surface area contributed by atoms with Crippen molar-refractivity contribution < 1.29 is 0 Å². The fourth-order valence-corrected chi connectivity index (χ4v) is 2.29. The van der Waals surface area contributed by atoms with Gasteiger partial charge in [0.25, 0.3) is 0 Å². The number of fused-ring (bicyclic) bond motifs is 3. The summed E-state index contributed by atoms with van der Waals surface area (Å²) in [4.78, 5) is 4.30. The third-order valence-corrected chi connectivity index (χ3v) is 3.15. The zero-order chi connectivity index (χ0) is 10.4. The zero-order valence-electron chi connectivity index (χ0n) is 8.24. The van der Waals surface area contributed by atoms with E-state index in [0.29, 0.717) is 0 Å². The maximum Gasteiger partial charge on any atom is 0.137 e. The zero-order valence-corrected chi connectivity index (χ0v) is 9.82. The van der Waals surface area contributed by atoms with Gasteiger partial charge in [0.15, 0.2) is 0 Å². The Balaban J connectivity index is 2.61. The lowest BCUT2D eigenvalue weighted by Gasteiger charge is -2.05. The number of hydrogen-bond donors (Lipinski definition) is 0. The SMILES string of the molecule is Cc1cc2nccn2c2ccc(Br)cc12. The number of aromatic nitrogens is 2. The smallest absolute Gasteiger partial charge is 0.137 e.